The number of halogens is 1. The minimum absolute atomic E-state index is 0.961. The van der Waals surface area contributed by atoms with Crippen molar-refractivity contribution in [2.75, 3.05) is 6.26 Å². The van der Waals surface area contributed by atoms with E-state index < -0.39 is 0 Å². The van der Waals surface area contributed by atoms with Gasteiger partial charge in [-0.15, -0.1) is 11.8 Å². The predicted molar refractivity (Wildman–Crippen MR) is 62.0 cm³/mol. The Balaban J connectivity index is 3.20. The molecule has 0 saturated carbocycles. The van der Waals surface area contributed by atoms with Gasteiger partial charge in [0.1, 0.15) is 0 Å². The van der Waals surface area contributed by atoms with Gasteiger partial charge in [-0.3, -0.25) is 0 Å². The lowest BCUT2D eigenvalue weighted by molar-refractivity contribution is 1.07. The molecule has 0 spiro atoms. The van der Waals surface area contributed by atoms with Gasteiger partial charge in [0.05, 0.1) is 0 Å². The van der Waals surface area contributed by atoms with E-state index in [9.17, 15) is 0 Å². The normalized spacial score (nSPS) is 10.5. The lowest BCUT2D eigenvalue weighted by Crippen LogP contribution is -1.90. The van der Waals surface area contributed by atoms with Crippen molar-refractivity contribution in [3.05, 3.63) is 28.3 Å². The van der Waals surface area contributed by atoms with E-state index in [1.807, 2.05) is 0 Å². The number of aryl methyl sites for hydroxylation is 2. The van der Waals surface area contributed by atoms with Crippen LogP contribution in [0.4, 0.5) is 0 Å². The molecular weight excluding hydrogens is 200 g/mol. The van der Waals surface area contributed by atoms with Gasteiger partial charge in [0.2, 0.25) is 0 Å². The van der Waals surface area contributed by atoms with Crippen molar-refractivity contribution in [3.63, 3.8) is 0 Å². The van der Waals surface area contributed by atoms with Crippen molar-refractivity contribution in [2.24, 2.45) is 0 Å². The number of thioether (sulfide) groups is 1. The van der Waals surface area contributed by atoms with Crippen molar-refractivity contribution in [2.45, 2.75) is 31.6 Å². The van der Waals surface area contributed by atoms with E-state index in [0.717, 1.165) is 17.9 Å². The first-order valence-electron chi connectivity index (χ1n) is 4.58. The summed E-state index contributed by atoms with van der Waals surface area (Å²) in [5, 5.41) is 0.961. The van der Waals surface area contributed by atoms with Gasteiger partial charge in [0, 0.05) is 9.92 Å². The minimum atomic E-state index is 0.961. The summed E-state index contributed by atoms with van der Waals surface area (Å²) in [5.74, 6) is 0. The third kappa shape index (κ3) is 2.41. The highest BCUT2D eigenvalue weighted by Gasteiger charge is 2.05. The molecule has 0 nitrogen and oxygen atoms in total. The van der Waals surface area contributed by atoms with E-state index in [1.165, 1.54) is 16.0 Å². The van der Waals surface area contributed by atoms with Crippen LogP contribution in [0.5, 0.6) is 0 Å². The molecule has 0 fully saturated rings. The highest BCUT2D eigenvalue weighted by atomic mass is 35.5. The van der Waals surface area contributed by atoms with E-state index in [4.69, 9.17) is 11.6 Å². The molecule has 0 unspecified atom stereocenters. The Morgan fingerprint density at radius 3 is 1.92 bits per heavy atom. The zero-order valence-corrected chi connectivity index (χ0v) is 9.93. The van der Waals surface area contributed by atoms with Gasteiger partial charge in [0.15, 0.2) is 0 Å². The van der Waals surface area contributed by atoms with Crippen LogP contribution in [-0.2, 0) is 12.8 Å². The Hall–Kier alpha value is -0.140. The van der Waals surface area contributed by atoms with Crippen LogP contribution in [0.2, 0.25) is 5.02 Å². The lowest BCUT2D eigenvalue weighted by atomic mass is 10.1. The standard InChI is InChI=1S/C11H15ClS/c1-4-8-6-10(13-3)7-9(5-2)11(8)12/h6-7H,4-5H2,1-3H3. The van der Waals surface area contributed by atoms with Gasteiger partial charge in [-0.25, -0.2) is 0 Å². The molecule has 1 rings (SSSR count). The second-order valence-electron chi connectivity index (χ2n) is 2.97. The van der Waals surface area contributed by atoms with Crippen LogP contribution < -0.4 is 0 Å². The summed E-state index contributed by atoms with van der Waals surface area (Å²) in [6.45, 7) is 4.29. The zero-order chi connectivity index (χ0) is 9.84. The summed E-state index contributed by atoms with van der Waals surface area (Å²) in [6.07, 6.45) is 4.13. The van der Waals surface area contributed by atoms with Crippen LogP contribution in [0.15, 0.2) is 17.0 Å². The summed E-state index contributed by atoms with van der Waals surface area (Å²) < 4.78 is 0. The van der Waals surface area contributed by atoms with Gasteiger partial charge < -0.3 is 0 Å². The van der Waals surface area contributed by atoms with E-state index in [1.54, 1.807) is 11.8 Å². The van der Waals surface area contributed by atoms with Gasteiger partial charge in [-0.1, -0.05) is 25.4 Å². The highest BCUT2D eigenvalue weighted by molar-refractivity contribution is 7.98. The molecular formula is C11H15ClS. The maximum Gasteiger partial charge on any atom is 0.0470 e. The van der Waals surface area contributed by atoms with Crippen LogP contribution in [0.3, 0.4) is 0 Å². The fourth-order valence-corrected chi connectivity index (χ4v) is 2.25. The largest absolute Gasteiger partial charge is 0.130 e. The molecule has 0 N–H and O–H groups in total. The summed E-state index contributed by atoms with van der Waals surface area (Å²) >= 11 is 8.01. The van der Waals surface area contributed by atoms with Crippen LogP contribution in [0.25, 0.3) is 0 Å². The Morgan fingerprint density at radius 1 is 1.15 bits per heavy atom. The van der Waals surface area contributed by atoms with Gasteiger partial charge in [0.25, 0.3) is 0 Å². The fraction of sp³-hybridized carbons (Fsp3) is 0.455. The van der Waals surface area contributed by atoms with Gasteiger partial charge in [-0.2, -0.15) is 0 Å². The molecule has 2 heteroatoms. The average molecular weight is 215 g/mol. The molecule has 0 bridgehead atoms. The molecule has 0 aliphatic heterocycles. The quantitative estimate of drug-likeness (QED) is 0.681. The maximum atomic E-state index is 6.23. The zero-order valence-electron chi connectivity index (χ0n) is 8.36. The van der Waals surface area contributed by atoms with Crippen LogP contribution in [0.1, 0.15) is 25.0 Å². The number of rotatable bonds is 3. The Kier molecular flexibility index (Phi) is 4.14. The smallest absolute Gasteiger partial charge is 0.0470 e. The third-order valence-electron chi connectivity index (χ3n) is 2.19. The van der Waals surface area contributed by atoms with Gasteiger partial charge in [-0.05, 0) is 42.4 Å². The van der Waals surface area contributed by atoms with E-state index in [-0.39, 0.29) is 0 Å². The number of hydrogen-bond acceptors (Lipinski definition) is 1. The fourth-order valence-electron chi connectivity index (χ4n) is 1.35. The molecule has 1 aromatic carbocycles. The third-order valence-corrected chi connectivity index (χ3v) is 3.39. The van der Waals surface area contributed by atoms with Crippen molar-refractivity contribution in [1.82, 2.24) is 0 Å². The molecule has 72 valence electrons. The summed E-state index contributed by atoms with van der Waals surface area (Å²) in [5.41, 5.74) is 2.54. The summed E-state index contributed by atoms with van der Waals surface area (Å²) in [4.78, 5) is 1.32. The van der Waals surface area contributed by atoms with E-state index in [2.05, 4.69) is 32.2 Å². The van der Waals surface area contributed by atoms with E-state index in [0.29, 0.717) is 0 Å². The Labute approximate surface area is 89.7 Å². The number of hydrogen-bond donors (Lipinski definition) is 0. The maximum absolute atomic E-state index is 6.23. The Bertz CT molecular complexity index is 269. The van der Waals surface area contributed by atoms with Crippen LogP contribution >= 0.6 is 23.4 Å². The first-order chi connectivity index (χ1) is 6.22. The molecule has 0 aliphatic rings. The van der Waals surface area contributed by atoms with Crippen LogP contribution in [0, 0.1) is 0 Å². The summed E-state index contributed by atoms with van der Waals surface area (Å²) in [6, 6.07) is 4.37. The number of benzene rings is 1. The van der Waals surface area contributed by atoms with Crippen molar-refractivity contribution in [3.8, 4) is 0 Å². The molecule has 0 radical (unpaired) electrons. The van der Waals surface area contributed by atoms with Crippen molar-refractivity contribution in [1.29, 1.82) is 0 Å². The van der Waals surface area contributed by atoms with Crippen molar-refractivity contribution < 1.29 is 0 Å². The highest BCUT2D eigenvalue weighted by Crippen LogP contribution is 2.28. The lowest BCUT2D eigenvalue weighted by Gasteiger charge is -2.09. The topological polar surface area (TPSA) is 0 Å². The molecule has 0 amide bonds. The molecule has 1 aromatic rings. The van der Waals surface area contributed by atoms with Crippen LogP contribution in [-0.4, -0.2) is 6.26 Å². The second-order valence-corrected chi connectivity index (χ2v) is 4.22. The first kappa shape index (κ1) is 10.9. The SMILES string of the molecule is CCc1cc(SC)cc(CC)c1Cl. The minimum Gasteiger partial charge on any atom is -0.130 e. The second kappa shape index (κ2) is 4.92. The average Bonchev–Trinajstić information content (AvgIpc) is 2.18. The molecule has 0 atom stereocenters. The van der Waals surface area contributed by atoms with Gasteiger partial charge >= 0.3 is 0 Å². The first-order valence-corrected chi connectivity index (χ1v) is 6.18. The molecule has 0 saturated heterocycles. The molecule has 0 aromatic heterocycles. The monoisotopic (exact) mass is 214 g/mol. The Morgan fingerprint density at radius 2 is 1.62 bits per heavy atom. The summed E-state index contributed by atoms with van der Waals surface area (Å²) in [7, 11) is 0. The molecule has 13 heavy (non-hydrogen) atoms. The molecule has 0 aliphatic carbocycles. The van der Waals surface area contributed by atoms with Crippen molar-refractivity contribution >= 4 is 23.4 Å². The predicted octanol–water partition coefficient (Wildman–Crippen LogP) is 4.19. The van der Waals surface area contributed by atoms with E-state index >= 15 is 0 Å². The molecule has 0 heterocycles.